The van der Waals surface area contributed by atoms with E-state index < -0.39 is 0 Å². The summed E-state index contributed by atoms with van der Waals surface area (Å²) in [6.45, 7) is 3.89. The molecule has 0 aliphatic rings. The summed E-state index contributed by atoms with van der Waals surface area (Å²) in [4.78, 5) is 12.1. The summed E-state index contributed by atoms with van der Waals surface area (Å²) >= 11 is 5.80. The molecule has 0 bridgehead atoms. The molecule has 0 aromatic heterocycles. The predicted octanol–water partition coefficient (Wildman–Crippen LogP) is 4.55. The van der Waals surface area contributed by atoms with Crippen LogP contribution in [0.1, 0.15) is 16.8 Å². The Hall–Kier alpha value is -2.26. The van der Waals surface area contributed by atoms with Crippen LogP contribution in [0.2, 0.25) is 5.02 Å². The molecule has 108 valence electrons. The Morgan fingerprint density at radius 2 is 1.76 bits per heavy atom. The molecule has 3 nitrogen and oxygen atoms in total. The summed E-state index contributed by atoms with van der Waals surface area (Å²) in [5.41, 5.74) is 2.13. The highest BCUT2D eigenvalue weighted by molar-refractivity contribution is 6.30. The third-order valence-corrected chi connectivity index (χ3v) is 3.20. The fraction of sp³-hybridized carbons (Fsp3) is 0.118. The predicted molar refractivity (Wildman–Crippen MR) is 86.2 cm³/mol. The van der Waals surface area contributed by atoms with Crippen molar-refractivity contribution in [2.75, 3.05) is 12.4 Å². The molecule has 21 heavy (non-hydrogen) atoms. The number of hydrogen-bond donors (Lipinski definition) is 1. The lowest BCUT2D eigenvalue weighted by Gasteiger charge is -2.10. The molecule has 0 fully saturated rings. The molecule has 0 unspecified atom stereocenters. The van der Waals surface area contributed by atoms with Crippen LogP contribution in [0, 0.1) is 0 Å². The number of rotatable bonds is 6. The molecule has 0 aliphatic carbocycles. The Balaban J connectivity index is 1.94. The van der Waals surface area contributed by atoms with E-state index in [4.69, 9.17) is 16.3 Å². The Bertz CT molecular complexity index is 633. The second-order valence-corrected chi connectivity index (χ2v) is 5.00. The van der Waals surface area contributed by atoms with E-state index in [1.807, 2.05) is 24.3 Å². The zero-order valence-electron chi connectivity index (χ0n) is 11.7. The standard InChI is InChI=1S/C17H16ClNO2/c1-12(19-15-7-9-16(21-2)10-8-15)11-17(20)13-3-5-14(18)6-4-13/h3-10,19H,1,11H2,2H3. The molecule has 4 heteroatoms. The topological polar surface area (TPSA) is 38.3 Å². The van der Waals surface area contributed by atoms with Gasteiger partial charge in [-0.15, -0.1) is 0 Å². The van der Waals surface area contributed by atoms with E-state index in [1.54, 1.807) is 31.4 Å². The zero-order valence-corrected chi connectivity index (χ0v) is 12.5. The van der Waals surface area contributed by atoms with Gasteiger partial charge in [0, 0.05) is 22.0 Å². The lowest BCUT2D eigenvalue weighted by molar-refractivity contribution is 0.0993. The number of nitrogens with one attached hydrogen (secondary N) is 1. The van der Waals surface area contributed by atoms with Gasteiger partial charge in [-0.05, 0) is 48.5 Å². The van der Waals surface area contributed by atoms with Gasteiger partial charge in [0.1, 0.15) is 5.75 Å². The summed E-state index contributed by atoms with van der Waals surface area (Å²) in [7, 11) is 1.62. The fourth-order valence-corrected chi connectivity index (χ4v) is 1.98. The minimum Gasteiger partial charge on any atom is -0.497 e. The highest BCUT2D eigenvalue weighted by atomic mass is 35.5. The van der Waals surface area contributed by atoms with E-state index in [-0.39, 0.29) is 12.2 Å². The lowest BCUT2D eigenvalue weighted by Crippen LogP contribution is -2.06. The lowest BCUT2D eigenvalue weighted by atomic mass is 10.1. The van der Waals surface area contributed by atoms with Gasteiger partial charge in [-0.1, -0.05) is 18.2 Å². The molecule has 0 amide bonds. The first-order chi connectivity index (χ1) is 10.1. The maximum atomic E-state index is 12.1. The van der Waals surface area contributed by atoms with Crippen molar-refractivity contribution in [3.8, 4) is 5.75 Å². The van der Waals surface area contributed by atoms with Gasteiger partial charge in [-0.25, -0.2) is 0 Å². The molecule has 0 saturated carbocycles. The Morgan fingerprint density at radius 1 is 1.14 bits per heavy atom. The maximum absolute atomic E-state index is 12.1. The minimum absolute atomic E-state index is 0.00215. The van der Waals surface area contributed by atoms with E-state index in [2.05, 4.69) is 11.9 Å². The van der Waals surface area contributed by atoms with Crippen LogP contribution in [0.5, 0.6) is 5.75 Å². The first-order valence-corrected chi connectivity index (χ1v) is 6.84. The maximum Gasteiger partial charge on any atom is 0.168 e. The summed E-state index contributed by atoms with van der Waals surface area (Å²) in [5, 5.41) is 3.72. The number of halogens is 1. The number of carbonyl (C=O) groups is 1. The molecule has 0 aliphatic heterocycles. The third kappa shape index (κ3) is 4.36. The molecule has 0 saturated heterocycles. The first kappa shape index (κ1) is 15.1. The first-order valence-electron chi connectivity index (χ1n) is 6.46. The SMILES string of the molecule is C=C(CC(=O)c1ccc(Cl)cc1)Nc1ccc(OC)cc1. The number of methoxy groups -OCH3 is 1. The van der Waals surface area contributed by atoms with E-state index in [0.717, 1.165) is 11.4 Å². The van der Waals surface area contributed by atoms with E-state index in [0.29, 0.717) is 16.3 Å². The number of ether oxygens (including phenoxy) is 1. The van der Waals surface area contributed by atoms with Gasteiger partial charge in [0.15, 0.2) is 5.78 Å². The summed E-state index contributed by atoms with van der Waals surface area (Å²) < 4.78 is 5.09. The van der Waals surface area contributed by atoms with Crippen LogP contribution in [0.4, 0.5) is 5.69 Å². The number of hydrogen-bond acceptors (Lipinski definition) is 3. The van der Waals surface area contributed by atoms with Gasteiger partial charge in [0.2, 0.25) is 0 Å². The smallest absolute Gasteiger partial charge is 0.168 e. The largest absolute Gasteiger partial charge is 0.497 e. The average Bonchev–Trinajstić information content (AvgIpc) is 2.48. The van der Waals surface area contributed by atoms with Gasteiger partial charge >= 0.3 is 0 Å². The van der Waals surface area contributed by atoms with E-state index in [1.165, 1.54) is 0 Å². The normalized spacial score (nSPS) is 10.0. The van der Waals surface area contributed by atoms with Crippen molar-refractivity contribution < 1.29 is 9.53 Å². The van der Waals surface area contributed by atoms with Crippen LogP contribution >= 0.6 is 11.6 Å². The van der Waals surface area contributed by atoms with Gasteiger partial charge in [-0.3, -0.25) is 4.79 Å². The van der Waals surface area contributed by atoms with Crippen molar-refractivity contribution in [2.24, 2.45) is 0 Å². The molecule has 2 rings (SSSR count). The molecule has 2 aromatic rings. The average molecular weight is 302 g/mol. The number of anilines is 1. The zero-order chi connectivity index (χ0) is 15.2. The van der Waals surface area contributed by atoms with Crippen LogP contribution in [-0.2, 0) is 0 Å². The van der Waals surface area contributed by atoms with Crippen LogP contribution in [-0.4, -0.2) is 12.9 Å². The summed E-state index contributed by atoms with van der Waals surface area (Å²) in [5.74, 6) is 0.779. The second-order valence-electron chi connectivity index (χ2n) is 4.56. The molecule has 0 radical (unpaired) electrons. The molecule has 1 N–H and O–H groups in total. The molecule has 2 aromatic carbocycles. The third-order valence-electron chi connectivity index (χ3n) is 2.95. The van der Waals surface area contributed by atoms with Crippen molar-refractivity contribution in [3.63, 3.8) is 0 Å². The van der Waals surface area contributed by atoms with Crippen LogP contribution in [0.15, 0.2) is 60.8 Å². The Kier molecular flexibility index (Phi) is 5.01. The molecular weight excluding hydrogens is 286 g/mol. The highest BCUT2D eigenvalue weighted by Crippen LogP contribution is 2.18. The minimum atomic E-state index is -0.00215. The molecule has 0 heterocycles. The fourth-order valence-electron chi connectivity index (χ4n) is 1.85. The summed E-state index contributed by atoms with van der Waals surface area (Å²) in [6, 6.07) is 14.3. The highest BCUT2D eigenvalue weighted by Gasteiger charge is 2.08. The Labute approximate surface area is 129 Å². The van der Waals surface area contributed by atoms with Gasteiger partial charge < -0.3 is 10.1 Å². The van der Waals surface area contributed by atoms with Crippen molar-refractivity contribution in [1.82, 2.24) is 0 Å². The number of ketones is 1. The van der Waals surface area contributed by atoms with Gasteiger partial charge in [0.25, 0.3) is 0 Å². The quantitative estimate of drug-likeness (QED) is 0.796. The van der Waals surface area contributed by atoms with Crippen LogP contribution in [0.3, 0.4) is 0 Å². The molecular formula is C17H16ClNO2. The van der Waals surface area contributed by atoms with E-state index >= 15 is 0 Å². The number of benzene rings is 2. The number of allylic oxidation sites excluding steroid dienone is 1. The number of carbonyl (C=O) groups excluding carboxylic acids is 1. The second kappa shape index (κ2) is 6.95. The van der Waals surface area contributed by atoms with Gasteiger partial charge in [0.05, 0.1) is 13.5 Å². The van der Waals surface area contributed by atoms with Crippen LogP contribution in [0.25, 0.3) is 0 Å². The monoisotopic (exact) mass is 301 g/mol. The molecule has 0 spiro atoms. The van der Waals surface area contributed by atoms with Crippen molar-refractivity contribution >= 4 is 23.1 Å². The molecule has 0 atom stereocenters. The summed E-state index contributed by atoms with van der Waals surface area (Å²) in [6.07, 6.45) is 0.230. The van der Waals surface area contributed by atoms with Crippen LogP contribution < -0.4 is 10.1 Å². The van der Waals surface area contributed by atoms with Crippen molar-refractivity contribution in [3.05, 3.63) is 71.4 Å². The Morgan fingerprint density at radius 3 is 2.33 bits per heavy atom. The van der Waals surface area contributed by atoms with Crippen molar-refractivity contribution in [1.29, 1.82) is 0 Å². The van der Waals surface area contributed by atoms with Crippen molar-refractivity contribution in [2.45, 2.75) is 6.42 Å². The number of Topliss-reactive ketones (excluding diaryl/α,β-unsaturated/α-hetero) is 1. The van der Waals surface area contributed by atoms with Gasteiger partial charge in [-0.2, -0.15) is 0 Å². The van der Waals surface area contributed by atoms with E-state index in [9.17, 15) is 4.79 Å².